The second-order valence-electron chi connectivity index (χ2n) is 4.28. The molecule has 3 rings (SSSR count). The van der Waals surface area contributed by atoms with Crippen molar-refractivity contribution < 1.29 is 5.21 Å². The van der Waals surface area contributed by atoms with E-state index in [2.05, 4.69) is 15.4 Å². The van der Waals surface area contributed by atoms with Crippen LogP contribution < -0.4 is 0 Å². The first kappa shape index (κ1) is 12.4. The first-order valence-corrected chi connectivity index (χ1v) is 6.57. The molecular weight excluding hydrogens is 287 g/mol. The number of fused-ring (bicyclic) bond motifs is 1. The van der Waals surface area contributed by atoms with Crippen molar-refractivity contribution in [1.29, 1.82) is 0 Å². The summed E-state index contributed by atoms with van der Waals surface area (Å²) in [6, 6.07) is 5.12. The third-order valence-electron chi connectivity index (χ3n) is 3.03. The van der Waals surface area contributed by atoms with Gasteiger partial charge in [-0.05, 0) is 37.5 Å². The van der Waals surface area contributed by atoms with Gasteiger partial charge in [0.2, 0.25) is 0 Å². The standard InChI is InChI=1S/C12H10Cl2N4O/c13-7-4-5-11(8(14)6-7)18-15-9-2-1-3-10(17-19)12(9)16-18/h4-6,19H,1-3H2/b17-10+. The molecule has 0 aliphatic heterocycles. The molecule has 5 nitrogen and oxygen atoms in total. The molecule has 1 aromatic heterocycles. The number of nitrogens with zero attached hydrogens (tertiary/aromatic N) is 4. The van der Waals surface area contributed by atoms with Crippen LogP contribution in [0.5, 0.6) is 0 Å². The van der Waals surface area contributed by atoms with E-state index in [1.807, 2.05) is 0 Å². The molecular formula is C12H10Cl2N4O. The average molecular weight is 297 g/mol. The fourth-order valence-electron chi connectivity index (χ4n) is 2.12. The normalized spacial score (nSPS) is 16.6. The predicted octanol–water partition coefficient (Wildman–Crippen LogP) is 3.09. The smallest absolute Gasteiger partial charge is 0.134 e. The second-order valence-corrected chi connectivity index (χ2v) is 5.12. The van der Waals surface area contributed by atoms with Crippen LogP contribution in [0.15, 0.2) is 23.4 Å². The Hall–Kier alpha value is -1.59. The molecule has 0 atom stereocenters. The Morgan fingerprint density at radius 1 is 1.21 bits per heavy atom. The molecule has 1 aliphatic carbocycles. The molecule has 0 spiro atoms. The second kappa shape index (κ2) is 4.83. The lowest BCUT2D eigenvalue weighted by atomic mass is 9.99. The van der Waals surface area contributed by atoms with Crippen molar-refractivity contribution in [3.05, 3.63) is 39.6 Å². The van der Waals surface area contributed by atoms with Gasteiger partial charge >= 0.3 is 0 Å². The molecule has 7 heteroatoms. The van der Waals surface area contributed by atoms with Crippen molar-refractivity contribution in [2.75, 3.05) is 0 Å². The Morgan fingerprint density at radius 2 is 2.05 bits per heavy atom. The maximum atomic E-state index is 8.98. The van der Waals surface area contributed by atoms with Crippen LogP contribution in [-0.2, 0) is 6.42 Å². The summed E-state index contributed by atoms with van der Waals surface area (Å²) in [6.07, 6.45) is 2.43. The molecule has 0 amide bonds. The highest BCUT2D eigenvalue weighted by molar-refractivity contribution is 6.35. The maximum absolute atomic E-state index is 8.98. The van der Waals surface area contributed by atoms with Gasteiger partial charge in [-0.15, -0.1) is 9.90 Å². The highest BCUT2D eigenvalue weighted by Gasteiger charge is 2.22. The monoisotopic (exact) mass is 296 g/mol. The SMILES string of the molecule is O/N=C1\CCCc2nn(-c3ccc(Cl)cc3Cl)nc21. The lowest BCUT2D eigenvalue weighted by Gasteiger charge is -2.07. The van der Waals surface area contributed by atoms with Crippen molar-refractivity contribution in [1.82, 2.24) is 15.0 Å². The quantitative estimate of drug-likeness (QED) is 0.650. The molecule has 2 aromatic rings. The highest BCUT2D eigenvalue weighted by atomic mass is 35.5. The first-order chi connectivity index (χ1) is 9.19. The summed E-state index contributed by atoms with van der Waals surface area (Å²) in [5.41, 5.74) is 2.68. The number of aryl methyl sites for hydroxylation is 1. The largest absolute Gasteiger partial charge is 0.411 e. The molecule has 0 unspecified atom stereocenters. The molecule has 98 valence electrons. The fraction of sp³-hybridized carbons (Fsp3) is 0.250. The van der Waals surface area contributed by atoms with Gasteiger partial charge < -0.3 is 5.21 Å². The summed E-state index contributed by atoms with van der Waals surface area (Å²) >= 11 is 12.0. The van der Waals surface area contributed by atoms with Crippen molar-refractivity contribution in [3.63, 3.8) is 0 Å². The fourth-order valence-corrected chi connectivity index (χ4v) is 2.60. The summed E-state index contributed by atoms with van der Waals surface area (Å²) in [5.74, 6) is 0. The Balaban J connectivity index is 2.10. The van der Waals surface area contributed by atoms with Gasteiger partial charge in [-0.3, -0.25) is 0 Å². The molecule has 19 heavy (non-hydrogen) atoms. The third kappa shape index (κ3) is 2.19. The van der Waals surface area contributed by atoms with E-state index in [0.717, 1.165) is 18.5 Å². The topological polar surface area (TPSA) is 63.3 Å². The molecule has 0 saturated carbocycles. The molecule has 0 fully saturated rings. The summed E-state index contributed by atoms with van der Waals surface area (Å²) in [6.45, 7) is 0. The van der Waals surface area contributed by atoms with Crippen molar-refractivity contribution in [2.24, 2.45) is 5.16 Å². The molecule has 1 aromatic carbocycles. The van der Waals surface area contributed by atoms with E-state index in [4.69, 9.17) is 28.4 Å². The molecule has 1 aliphatic rings. The van der Waals surface area contributed by atoms with Gasteiger partial charge in [0.1, 0.15) is 17.1 Å². The number of rotatable bonds is 1. The van der Waals surface area contributed by atoms with Gasteiger partial charge in [0.15, 0.2) is 0 Å². The predicted molar refractivity (Wildman–Crippen MR) is 72.6 cm³/mol. The molecule has 1 heterocycles. The van der Waals surface area contributed by atoms with Crippen LogP contribution in [0.4, 0.5) is 0 Å². The highest BCUT2D eigenvalue weighted by Crippen LogP contribution is 2.25. The maximum Gasteiger partial charge on any atom is 0.134 e. The Labute approximate surface area is 119 Å². The minimum atomic E-state index is 0.474. The van der Waals surface area contributed by atoms with E-state index in [0.29, 0.717) is 33.6 Å². The first-order valence-electron chi connectivity index (χ1n) is 5.82. The Morgan fingerprint density at radius 3 is 2.79 bits per heavy atom. The summed E-state index contributed by atoms with van der Waals surface area (Å²) in [4.78, 5) is 1.46. The third-order valence-corrected chi connectivity index (χ3v) is 3.57. The van der Waals surface area contributed by atoms with Crippen LogP contribution in [0.25, 0.3) is 5.69 Å². The zero-order valence-electron chi connectivity index (χ0n) is 9.85. The van der Waals surface area contributed by atoms with E-state index < -0.39 is 0 Å². The van der Waals surface area contributed by atoms with Crippen LogP contribution in [0.2, 0.25) is 10.0 Å². The van der Waals surface area contributed by atoms with E-state index in [-0.39, 0.29) is 0 Å². The van der Waals surface area contributed by atoms with Crippen LogP contribution in [0.3, 0.4) is 0 Å². The minimum absolute atomic E-state index is 0.474. The number of hydrogen-bond acceptors (Lipinski definition) is 4. The van der Waals surface area contributed by atoms with Gasteiger partial charge in [0, 0.05) is 5.02 Å². The number of benzene rings is 1. The van der Waals surface area contributed by atoms with Crippen LogP contribution >= 0.6 is 23.2 Å². The molecule has 1 N–H and O–H groups in total. The van der Waals surface area contributed by atoms with Gasteiger partial charge in [-0.2, -0.15) is 5.10 Å². The number of halogens is 2. The lowest BCUT2D eigenvalue weighted by Crippen LogP contribution is -2.11. The van der Waals surface area contributed by atoms with Crippen molar-refractivity contribution in [3.8, 4) is 5.69 Å². The summed E-state index contributed by atoms with van der Waals surface area (Å²) in [5, 5.41) is 22.0. The van der Waals surface area contributed by atoms with E-state index in [1.54, 1.807) is 18.2 Å². The lowest BCUT2D eigenvalue weighted by molar-refractivity contribution is 0.317. The van der Waals surface area contributed by atoms with Crippen LogP contribution in [-0.4, -0.2) is 25.9 Å². The van der Waals surface area contributed by atoms with Crippen LogP contribution in [0, 0.1) is 0 Å². The van der Waals surface area contributed by atoms with Gasteiger partial charge in [0.25, 0.3) is 0 Å². The van der Waals surface area contributed by atoms with Crippen molar-refractivity contribution in [2.45, 2.75) is 19.3 Å². The van der Waals surface area contributed by atoms with Gasteiger partial charge in [0.05, 0.1) is 10.7 Å². The van der Waals surface area contributed by atoms with Crippen LogP contribution in [0.1, 0.15) is 24.2 Å². The molecule has 0 saturated heterocycles. The number of hydrogen-bond donors (Lipinski definition) is 1. The summed E-state index contributed by atoms with van der Waals surface area (Å²) < 4.78 is 0. The zero-order chi connectivity index (χ0) is 13.4. The van der Waals surface area contributed by atoms with Gasteiger partial charge in [-0.1, -0.05) is 28.4 Å². The minimum Gasteiger partial charge on any atom is -0.411 e. The van der Waals surface area contributed by atoms with E-state index in [9.17, 15) is 0 Å². The molecule has 0 radical (unpaired) electrons. The Kier molecular flexibility index (Phi) is 3.16. The van der Waals surface area contributed by atoms with E-state index in [1.165, 1.54) is 4.80 Å². The number of aromatic nitrogens is 3. The molecule has 0 bridgehead atoms. The number of oxime groups is 1. The van der Waals surface area contributed by atoms with E-state index >= 15 is 0 Å². The van der Waals surface area contributed by atoms with Gasteiger partial charge in [-0.25, -0.2) is 0 Å². The Bertz CT molecular complexity index is 666. The van der Waals surface area contributed by atoms with Crippen molar-refractivity contribution >= 4 is 28.9 Å². The zero-order valence-corrected chi connectivity index (χ0v) is 11.4. The summed E-state index contributed by atoms with van der Waals surface area (Å²) in [7, 11) is 0. The average Bonchev–Trinajstić information content (AvgIpc) is 2.81.